The largest absolute Gasteiger partial charge is 0.374 e. The van der Waals surface area contributed by atoms with Gasteiger partial charge in [0, 0.05) is 19.5 Å². The number of piperazine rings is 1. The third-order valence-electron chi connectivity index (χ3n) is 7.00. The van der Waals surface area contributed by atoms with E-state index in [9.17, 15) is 23.6 Å². The van der Waals surface area contributed by atoms with Crippen molar-refractivity contribution in [3.63, 3.8) is 0 Å². The molecular formula is C28H33FN4O5. The fourth-order valence-corrected chi connectivity index (χ4v) is 4.90. The number of ketones is 1. The third-order valence-corrected chi connectivity index (χ3v) is 7.00. The molecular weight excluding hydrogens is 491 g/mol. The maximum absolute atomic E-state index is 13.7. The molecule has 0 aliphatic carbocycles. The number of hydrogen-bond acceptors (Lipinski definition) is 6. The molecule has 2 unspecified atom stereocenters. The zero-order valence-corrected chi connectivity index (χ0v) is 21.6. The van der Waals surface area contributed by atoms with E-state index in [2.05, 4.69) is 5.32 Å². The van der Waals surface area contributed by atoms with Crippen molar-refractivity contribution in [1.29, 1.82) is 0 Å². The summed E-state index contributed by atoms with van der Waals surface area (Å²) in [6, 6.07) is 14.1. The highest BCUT2D eigenvalue weighted by atomic mass is 19.1. The summed E-state index contributed by atoms with van der Waals surface area (Å²) < 4.78 is 19.3. The minimum Gasteiger partial charge on any atom is -0.374 e. The second-order valence-corrected chi connectivity index (χ2v) is 10.5. The molecule has 2 saturated heterocycles. The highest BCUT2D eigenvalue weighted by Gasteiger charge is 2.56. The van der Waals surface area contributed by atoms with Crippen LogP contribution in [0.2, 0.25) is 0 Å². The van der Waals surface area contributed by atoms with Gasteiger partial charge in [-0.2, -0.15) is 0 Å². The van der Waals surface area contributed by atoms with Gasteiger partial charge in [-0.25, -0.2) is 4.39 Å². The molecule has 0 spiro atoms. The van der Waals surface area contributed by atoms with E-state index >= 15 is 0 Å². The summed E-state index contributed by atoms with van der Waals surface area (Å²) in [6.45, 7) is 3.54. The summed E-state index contributed by atoms with van der Waals surface area (Å²) in [5.41, 5.74) is 5.06. The molecule has 3 amide bonds. The average Bonchev–Trinajstić information content (AvgIpc) is 3.12. The van der Waals surface area contributed by atoms with E-state index in [0.717, 1.165) is 5.56 Å². The Hall–Kier alpha value is -3.63. The van der Waals surface area contributed by atoms with Crippen LogP contribution < -0.4 is 11.1 Å². The number of nitrogens with zero attached hydrogens (tertiary/aromatic N) is 2. The van der Waals surface area contributed by atoms with Gasteiger partial charge in [-0.3, -0.25) is 19.2 Å². The molecule has 0 aromatic heterocycles. The molecule has 2 aromatic carbocycles. The Bertz CT molecular complexity index is 1200. The van der Waals surface area contributed by atoms with E-state index in [-0.39, 0.29) is 57.4 Å². The average molecular weight is 525 g/mol. The van der Waals surface area contributed by atoms with Crippen molar-refractivity contribution in [3.05, 3.63) is 71.5 Å². The van der Waals surface area contributed by atoms with E-state index in [1.807, 2.05) is 30.3 Å². The van der Waals surface area contributed by atoms with E-state index in [0.29, 0.717) is 5.56 Å². The number of carbonyl (C=O) groups excluding carboxylic acids is 4. The van der Waals surface area contributed by atoms with Gasteiger partial charge in [0.2, 0.25) is 17.7 Å². The van der Waals surface area contributed by atoms with Crippen molar-refractivity contribution in [1.82, 2.24) is 15.1 Å². The Balaban J connectivity index is 1.55. The first-order valence-corrected chi connectivity index (χ1v) is 12.6. The van der Waals surface area contributed by atoms with Crippen LogP contribution in [0, 0.1) is 5.82 Å². The van der Waals surface area contributed by atoms with Crippen LogP contribution in [0.4, 0.5) is 4.39 Å². The lowest BCUT2D eigenvalue weighted by Crippen LogP contribution is -2.67. The van der Waals surface area contributed by atoms with Crippen LogP contribution in [-0.4, -0.2) is 76.7 Å². The lowest BCUT2D eigenvalue weighted by atomic mass is 9.84. The SMILES string of the molecule is CC(C)(N)C(=O)NC(COCc1ccccc1)C(=O)N1CCN2C(=O)CC(=O)C2(Cc2ccc(F)cc2)C1. The monoisotopic (exact) mass is 524 g/mol. The topological polar surface area (TPSA) is 122 Å². The number of Topliss-reactive ketones (excluding diaryl/α,β-unsaturated/α-hetero) is 1. The second-order valence-electron chi connectivity index (χ2n) is 10.5. The maximum atomic E-state index is 13.7. The van der Waals surface area contributed by atoms with Crippen LogP contribution in [0.1, 0.15) is 31.4 Å². The molecule has 2 atom stereocenters. The Morgan fingerprint density at radius 1 is 1.08 bits per heavy atom. The molecule has 4 rings (SSSR count). The lowest BCUT2D eigenvalue weighted by molar-refractivity contribution is -0.149. The van der Waals surface area contributed by atoms with Gasteiger partial charge in [0.05, 0.1) is 31.7 Å². The fourth-order valence-electron chi connectivity index (χ4n) is 4.90. The van der Waals surface area contributed by atoms with E-state index in [1.54, 1.807) is 12.1 Å². The van der Waals surface area contributed by atoms with Gasteiger partial charge in [-0.1, -0.05) is 42.5 Å². The molecule has 0 radical (unpaired) electrons. The predicted molar refractivity (Wildman–Crippen MR) is 137 cm³/mol. The van der Waals surface area contributed by atoms with Gasteiger partial charge < -0.3 is 25.6 Å². The van der Waals surface area contributed by atoms with Crippen molar-refractivity contribution >= 4 is 23.5 Å². The molecule has 202 valence electrons. The first kappa shape index (κ1) is 27.4. The molecule has 3 N–H and O–H groups in total. The van der Waals surface area contributed by atoms with Crippen LogP contribution in [-0.2, 0) is 36.9 Å². The molecule has 2 aromatic rings. The molecule has 0 saturated carbocycles. The summed E-state index contributed by atoms with van der Waals surface area (Å²) in [7, 11) is 0. The number of nitrogens with one attached hydrogen (secondary N) is 1. The predicted octanol–water partition coefficient (Wildman–Crippen LogP) is 1.19. The number of fused-ring (bicyclic) bond motifs is 1. The molecule has 10 heteroatoms. The number of ether oxygens (including phenoxy) is 1. The number of hydrogen-bond donors (Lipinski definition) is 2. The first-order valence-electron chi connectivity index (χ1n) is 12.6. The molecule has 2 aliphatic heterocycles. The van der Waals surface area contributed by atoms with E-state index < -0.39 is 34.8 Å². The highest BCUT2D eigenvalue weighted by molar-refractivity contribution is 6.11. The van der Waals surface area contributed by atoms with Gasteiger partial charge in [0.25, 0.3) is 0 Å². The second kappa shape index (κ2) is 11.0. The van der Waals surface area contributed by atoms with Crippen LogP contribution in [0.5, 0.6) is 0 Å². The Morgan fingerprint density at radius 2 is 1.76 bits per heavy atom. The standard InChI is InChI=1S/C28H33FN4O5/c1-27(2,30)26(37)31-22(17-38-16-20-6-4-3-5-7-20)25(36)32-12-13-33-24(35)14-23(34)28(33,18-32)15-19-8-10-21(29)11-9-19/h3-11,22H,12-18,30H2,1-2H3,(H,31,37). The molecule has 2 heterocycles. The van der Waals surface area contributed by atoms with Gasteiger partial charge in [0.1, 0.15) is 17.4 Å². The summed E-state index contributed by atoms with van der Waals surface area (Å²) >= 11 is 0. The smallest absolute Gasteiger partial charge is 0.247 e. The Morgan fingerprint density at radius 3 is 2.42 bits per heavy atom. The lowest BCUT2D eigenvalue weighted by Gasteiger charge is -2.46. The number of benzene rings is 2. The van der Waals surface area contributed by atoms with Gasteiger partial charge in [-0.05, 0) is 37.1 Å². The van der Waals surface area contributed by atoms with Gasteiger partial charge in [-0.15, -0.1) is 0 Å². The molecule has 38 heavy (non-hydrogen) atoms. The van der Waals surface area contributed by atoms with Crippen LogP contribution in [0.15, 0.2) is 54.6 Å². The molecule has 2 fully saturated rings. The summed E-state index contributed by atoms with van der Waals surface area (Å²) in [5, 5.41) is 2.70. The zero-order valence-electron chi connectivity index (χ0n) is 21.6. The molecule has 2 aliphatic rings. The van der Waals surface area contributed by atoms with Crippen LogP contribution in [0.25, 0.3) is 0 Å². The Kier molecular flexibility index (Phi) is 7.94. The number of amides is 3. The van der Waals surface area contributed by atoms with Crippen LogP contribution in [0.3, 0.4) is 0 Å². The van der Waals surface area contributed by atoms with E-state index in [4.69, 9.17) is 10.5 Å². The van der Waals surface area contributed by atoms with Gasteiger partial charge >= 0.3 is 0 Å². The summed E-state index contributed by atoms with van der Waals surface area (Å²) in [4.78, 5) is 55.3. The summed E-state index contributed by atoms with van der Waals surface area (Å²) in [5.74, 6) is -1.93. The number of carbonyl (C=O) groups is 4. The van der Waals surface area contributed by atoms with E-state index in [1.165, 1.54) is 35.8 Å². The quantitative estimate of drug-likeness (QED) is 0.476. The normalized spacial score (nSPS) is 20.3. The van der Waals surface area contributed by atoms with Crippen molar-refractivity contribution in [2.24, 2.45) is 5.73 Å². The Labute approximate surface area is 221 Å². The minimum atomic E-state index is -1.25. The first-order chi connectivity index (χ1) is 18.0. The number of nitrogens with two attached hydrogens (primary N) is 1. The van der Waals surface area contributed by atoms with Crippen molar-refractivity contribution in [2.45, 2.75) is 50.4 Å². The minimum absolute atomic E-state index is 0.0368. The van der Waals surface area contributed by atoms with Crippen molar-refractivity contribution in [3.8, 4) is 0 Å². The van der Waals surface area contributed by atoms with Crippen molar-refractivity contribution in [2.75, 3.05) is 26.2 Å². The molecule has 9 nitrogen and oxygen atoms in total. The number of rotatable bonds is 9. The highest BCUT2D eigenvalue weighted by Crippen LogP contribution is 2.34. The zero-order chi connectivity index (χ0) is 27.5. The van der Waals surface area contributed by atoms with Gasteiger partial charge in [0.15, 0.2) is 5.78 Å². The summed E-state index contributed by atoms with van der Waals surface area (Å²) in [6.07, 6.45) is -0.0933. The van der Waals surface area contributed by atoms with Crippen LogP contribution >= 0.6 is 0 Å². The molecule has 0 bridgehead atoms. The fraction of sp³-hybridized carbons (Fsp3) is 0.429. The third kappa shape index (κ3) is 5.92. The van der Waals surface area contributed by atoms with Crippen molar-refractivity contribution < 1.29 is 28.3 Å². The number of halogens is 1. The maximum Gasteiger partial charge on any atom is 0.247 e.